The number of ether oxygens (including phenoxy) is 1. The highest BCUT2D eigenvalue weighted by Crippen LogP contribution is 2.38. The van der Waals surface area contributed by atoms with Crippen LogP contribution in [0.15, 0.2) is 48.8 Å². The van der Waals surface area contributed by atoms with E-state index in [0.29, 0.717) is 24.0 Å². The van der Waals surface area contributed by atoms with Gasteiger partial charge in [-0.2, -0.15) is 18.2 Å². The van der Waals surface area contributed by atoms with E-state index in [2.05, 4.69) is 30.5 Å². The molecule has 3 rings (SSSR count). The minimum Gasteiger partial charge on any atom is -0.496 e. The fourth-order valence-electron chi connectivity index (χ4n) is 3.01. The molecule has 0 aliphatic rings. The molecule has 0 atom stereocenters. The normalized spacial score (nSPS) is 11.5. The van der Waals surface area contributed by atoms with Gasteiger partial charge in [0.1, 0.15) is 11.6 Å². The summed E-state index contributed by atoms with van der Waals surface area (Å²) in [5.41, 5.74) is 0.795. The zero-order valence-electron chi connectivity index (χ0n) is 18.1. The van der Waals surface area contributed by atoms with Gasteiger partial charge in [0.05, 0.1) is 18.4 Å². The zero-order chi connectivity index (χ0) is 23.1. The number of benzene rings is 1. The Morgan fingerprint density at radius 3 is 2.44 bits per heavy atom. The van der Waals surface area contributed by atoms with E-state index in [4.69, 9.17) is 4.74 Å². The first-order valence-corrected chi connectivity index (χ1v) is 9.96. The lowest BCUT2D eigenvalue weighted by Gasteiger charge is -2.15. The summed E-state index contributed by atoms with van der Waals surface area (Å²) in [6, 6.07) is 9.06. The van der Waals surface area contributed by atoms with Gasteiger partial charge in [-0.1, -0.05) is 0 Å². The Morgan fingerprint density at radius 2 is 1.78 bits per heavy atom. The summed E-state index contributed by atoms with van der Waals surface area (Å²) in [4.78, 5) is 15.1. The van der Waals surface area contributed by atoms with Gasteiger partial charge in [0.25, 0.3) is 0 Å². The summed E-state index contributed by atoms with van der Waals surface area (Å²) < 4.78 is 45.0. The minimum absolute atomic E-state index is 0.232. The van der Waals surface area contributed by atoms with Crippen molar-refractivity contribution in [3.63, 3.8) is 0 Å². The predicted molar refractivity (Wildman–Crippen MR) is 118 cm³/mol. The molecule has 2 heterocycles. The molecule has 0 aliphatic heterocycles. The van der Waals surface area contributed by atoms with Crippen LogP contribution in [-0.4, -0.2) is 54.1 Å². The number of hydrogen-bond acceptors (Lipinski definition) is 7. The second-order valence-corrected chi connectivity index (χ2v) is 7.32. The molecule has 2 N–H and O–H groups in total. The Kier molecular flexibility index (Phi) is 7.47. The maximum atomic E-state index is 13.4. The SMILES string of the molecule is COc1ccc(Nc2cc(-c3ccncc3)nc(NCCCN(C)C)n2)cc1C(F)(F)F. The molecule has 0 bridgehead atoms. The number of alkyl halides is 3. The van der Waals surface area contributed by atoms with Gasteiger partial charge < -0.3 is 20.3 Å². The molecule has 0 unspecified atom stereocenters. The number of anilines is 3. The third-order valence-electron chi connectivity index (χ3n) is 4.54. The molecule has 0 spiro atoms. The summed E-state index contributed by atoms with van der Waals surface area (Å²) in [6.07, 6.45) is -0.371. The molecule has 0 saturated carbocycles. The van der Waals surface area contributed by atoms with Crippen molar-refractivity contribution in [1.82, 2.24) is 19.9 Å². The summed E-state index contributed by atoms with van der Waals surface area (Å²) in [5.74, 6) is 0.497. The van der Waals surface area contributed by atoms with Crippen LogP contribution >= 0.6 is 0 Å². The lowest BCUT2D eigenvalue weighted by Crippen LogP contribution is -2.17. The van der Waals surface area contributed by atoms with Crippen molar-refractivity contribution in [2.24, 2.45) is 0 Å². The molecule has 0 radical (unpaired) electrons. The van der Waals surface area contributed by atoms with Crippen LogP contribution in [0.1, 0.15) is 12.0 Å². The predicted octanol–water partition coefficient (Wildman–Crippen LogP) is 4.67. The van der Waals surface area contributed by atoms with Gasteiger partial charge in [-0.25, -0.2) is 4.98 Å². The molecule has 170 valence electrons. The first-order chi connectivity index (χ1) is 15.3. The highest BCUT2D eigenvalue weighted by Gasteiger charge is 2.34. The monoisotopic (exact) mass is 446 g/mol. The van der Waals surface area contributed by atoms with Gasteiger partial charge in [-0.05, 0) is 57.4 Å². The number of aromatic nitrogens is 3. The third-order valence-corrected chi connectivity index (χ3v) is 4.54. The van der Waals surface area contributed by atoms with Crippen LogP contribution in [0.2, 0.25) is 0 Å². The van der Waals surface area contributed by atoms with Crippen LogP contribution in [-0.2, 0) is 6.18 Å². The smallest absolute Gasteiger partial charge is 0.420 e. The molecular weight excluding hydrogens is 421 g/mol. The minimum atomic E-state index is -4.55. The van der Waals surface area contributed by atoms with E-state index in [1.807, 2.05) is 14.1 Å². The lowest BCUT2D eigenvalue weighted by molar-refractivity contribution is -0.138. The van der Waals surface area contributed by atoms with E-state index in [0.717, 1.165) is 24.6 Å². The van der Waals surface area contributed by atoms with Crippen LogP contribution in [0, 0.1) is 0 Å². The topological polar surface area (TPSA) is 75.2 Å². The van der Waals surface area contributed by atoms with Crippen molar-refractivity contribution in [2.45, 2.75) is 12.6 Å². The van der Waals surface area contributed by atoms with E-state index in [1.165, 1.54) is 19.2 Å². The molecule has 32 heavy (non-hydrogen) atoms. The summed E-state index contributed by atoms with van der Waals surface area (Å²) >= 11 is 0. The Balaban J connectivity index is 1.90. The number of nitrogens with one attached hydrogen (secondary N) is 2. The molecule has 0 fully saturated rings. The third kappa shape index (κ3) is 6.30. The van der Waals surface area contributed by atoms with Crippen molar-refractivity contribution in [3.05, 3.63) is 54.4 Å². The van der Waals surface area contributed by atoms with Crippen LogP contribution in [0.4, 0.5) is 30.6 Å². The zero-order valence-corrected chi connectivity index (χ0v) is 18.1. The maximum absolute atomic E-state index is 13.4. The Labute approximate surface area is 184 Å². The van der Waals surface area contributed by atoms with Crippen LogP contribution < -0.4 is 15.4 Å². The molecular formula is C22H25F3N6O. The Hall–Kier alpha value is -3.40. The first-order valence-electron chi connectivity index (χ1n) is 9.96. The van der Waals surface area contributed by atoms with Crippen LogP contribution in [0.5, 0.6) is 5.75 Å². The second kappa shape index (κ2) is 10.3. The molecule has 10 heteroatoms. The Bertz CT molecular complexity index is 1030. The van der Waals surface area contributed by atoms with Crippen molar-refractivity contribution < 1.29 is 17.9 Å². The molecule has 0 saturated heterocycles. The molecule has 3 aromatic rings. The first kappa shape index (κ1) is 23.3. The molecule has 7 nitrogen and oxygen atoms in total. The van der Waals surface area contributed by atoms with Crippen LogP contribution in [0.25, 0.3) is 11.3 Å². The highest BCUT2D eigenvalue weighted by molar-refractivity contribution is 5.68. The number of halogens is 3. The molecule has 0 amide bonds. The van der Waals surface area contributed by atoms with Gasteiger partial charge in [0, 0.05) is 36.3 Å². The van der Waals surface area contributed by atoms with E-state index >= 15 is 0 Å². The molecule has 2 aromatic heterocycles. The maximum Gasteiger partial charge on any atom is 0.420 e. The van der Waals surface area contributed by atoms with E-state index in [9.17, 15) is 13.2 Å². The Morgan fingerprint density at radius 1 is 1.03 bits per heavy atom. The van der Waals surface area contributed by atoms with Crippen molar-refractivity contribution >= 4 is 17.5 Å². The van der Waals surface area contributed by atoms with Gasteiger partial charge >= 0.3 is 6.18 Å². The summed E-state index contributed by atoms with van der Waals surface area (Å²) in [5, 5.41) is 6.14. The number of nitrogens with zero attached hydrogens (tertiary/aromatic N) is 4. The van der Waals surface area contributed by atoms with E-state index in [1.54, 1.807) is 30.6 Å². The van der Waals surface area contributed by atoms with Gasteiger partial charge in [-0.15, -0.1) is 0 Å². The van der Waals surface area contributed by atoms with Crippen molar-refractivity contribution in [2.75, 3.05) is 44.9 Å². The second-order valence-electron chi connectivity index (χ2n) is 7.32. The van der Waals surface area contributed by atoms with Crippen LogP contribution in [0.3, 0.4) is 0 Å². The van der Waals surface area contributed by atoms with Crippen molar-refractivity contribution in [1.29, 1.82) is 0 Å². The van der Waals surface area contributed by atoms with Gasteiger partial charge in [-0.3, -0.25) is 4.98 Å². The highest BCUT2D eigenvalue weighted by atomic mass is 19.4. The number of methoxy groups -OCH3 is 1. The average Bonchev–Trinajstić information content (AvgIpc) is 2.76. The number of hydrogen-bond donors (Lipinski definition) is 2. The van der Waals surface area contributed by atoms with Gasteiger partial charge in [0.2, 0.25) is 5.95 Å². The fourth-order valence-corrected chi connectivity index (χ4v) is 3.01. The quantitative estimate of drug-likeness (QED) is 0.463. The fraction of sp³-hybridized carbons (Fsp3) is 0.318. The number of rotatable bonds is 9. The van der Waals surface area contributed by atoms with E-state index < -0.39 is 11.7 Å². The largest absolute Gasteiger partial charge is 0.496 e. The molecule has 0 aliphatic carbocycles. The average molecular weight is 446 g/mol. The lowest BCUT2D eigenvalue weighted by atomic mass is 10.1. The van der Waals surface area contributed by atoms with E-state index in [-0.39, 0.29) is 11.4 Å². The summed E-state index contributed by atoms with van der Waals surface area (Å²) in [7, 11) is 5.19. The summed E-state index contributed by atoms with van der Waals surface area (Å²) in [6.45, 7) is 1.55. The standard InChI is InChI=1S/C22H25F3N6O/c1-31(2)12-4-9-27-21-29-18(15-7-10-26-11-8-15)14-20(30-21)28-16-5-6-19(32-3)17(13-16)22(23,24)25/h5-8,10-11,13-14H,4,9,12H2,1-3H3,(H2,27,28,29,30). The van der Waals surface area contributed by atoms with Crippen molar-refractivity contribution in [3.8, 4) is 17.0 Å². The molecule has 1 aromatic carbocycles. The number of pyridine rings is 1. The van der Waals surface area contributed by atoms with Gasteiger partial charge in [0.15, 0.2) is 0 Å².